The lowest BCUT2D eigenvalue weighted by molar-refractivity contribution is -0.149. The standard InChI is InChI=1S/C15H20O3/c1-8-4-5-11(16)15(3)7-6-10-9(2)14(17)18-13(10)12(8)15/h4,10-13,16H,2,5-7H2,1,3H3/t10-,11-,12+,13-,15+/m0/s1. The molecule has 3 rings (SSSR count). The molecule has 0 aromatic heterocycles. The molecule has 2 fully saturated rings. The number of carbonyl (C=O) groups excluding carboxylic acids is 1. The second-order valence-electron chi connectivity index (χ2n) is 6.22. The third-order valence-corrected chi connectivity index (χ3v) is 5.30. The van der Waals surface area contributed by atoms with Gasteiger partial charge in [0.25, 0.3) is 0 Å². The molecule has 3 heteroatoms. The van der Waals surface area contributed by atoms with Crippen LogP contribution in [0.4, 0.5) is 0 Å². The molecule has 2 aliphatic carbocycles. The molecule has 98 valence electrons. The van der Waals surface area contributed by atoms with Crippen LogP contribution in [-0.2, 0) is 9.53 Å². The van der Waals surface area contributed by atoms with Crippen LogP contribution in [-0.4, -0.2) is 23.3 Å². The van der Waals surface area contributed by atoms with E-state index in [-0.39, 0.29) is 35.4 Å². The second-order valence-corrected chi connectivity index (χ2v) is 6.22. The van der Waals surface area contributed by atoms with Crippen molar-refractivity contribution >= 4 is 5.97 Å². The Bertz CT molecular complexity index is 451. The fraction of sp³-hybridized carbons (Fsp3) is 0.667. The molecule has 1 N–H and O–H groups in total. The van der Waals surface area contributed by atoms with Gasteiger partial charge in [-0.15, -0.1) is 0 Å². The molecule has 0 spiro atoms. The topological polar surface area (TPSA) is 46.5 Å². The largest absolute Gasteiger partial charge is 0.458 e. The predicted octanol–water partition coefficient (Wildman–Crippen LogP) is 2.21. The first-order valence-electron chi connectivity index (χ1n) is 6.69. The highest BCUT2D eigenvalue weighted by atomic mass is 16.6. The highest BCUT2D eigenvalue weighted by Crippen LogP contribution is 2.56. The zero-order valence-electron chi connectivity index (χ0n) is 11.0. The van der Waals surface area contributed by atoms with E-state index >= 15 is 0 Å². The Morgan fingerprint density at radius 3 is 3.00 bits per heavy atom. The first-order valence-corrected chi connectivity index (χ1v) is 6.69. The minimum absolute atomic E-state index is 0.116. The fourth-order valence-corrected chi connectivity index (χ4v) is 4.11. The molecular formula is C15H20O3. The molecule has 1 saturated heterocycles. The van der Waals surface area contributed by atoms with E-state index in [1.165, 1.54) is 5.57 Å². The highest BCUT2D eigenvalue weighted by Gasteiger charge is 2.57. The van der Waals surface area contributed by atoms with E-state index in [0.29, 0.717) is 12.0 Å². The van der Waals surface area contributed by atoms with Gasteiger partial charge in [-0.05, 0) is 26.2 Å². The van der Waals surface area contributed by atoms with Crippen LogP contribution in [0, 0.1) is 17.3 Å². The zero-order valence-corrected chi connectivity index (χ0v) is 11.0. The van der Waals surface area contributed by atoms with Gasteiger partial charge in [0.2, 0.25) is 0 Å². The van der Waals surface area contributed by atoms with Crippen molar-refractivity contribution in [3.63, 3.8) is 0 Å². The Kier molecular flexibility index (Phi) is 2.46. The lowest BCUT2D eigenvalue weighted by Crippen LogP contribution is -2.52. The predicted molar refractivity (Wildman–Crippen MR) is 67.7 cm³/mol. The fourth-order valence-electron chi connectivity index (χ4n) is 4.11. The lowest BCUT2D eigenvalue weighted by Gasteiger charge is -2.51. The number of hydrogen-bond acceptors (Lipinski definition) is 3. The number of rotatable bonds is 0. The van der Waals surface area contributed by atoms with Crippen molar-refractivity contribution < 1.29 is 14.6 Å². The van der Waals surface area contributed by atoms with Gasteiger partial charge in [0.05, 0.1) is 6.10 Å². The summed E-state index contributed by atoms with van der Waals surface area (Å²) in [5.41, 5.74) is 1.71. The highest BCUT2D eigenvalue weighted by molar-refractivity contribution is 5.91. The molecule has 3 aliphatic rings. The molecular weight excluding hydrogens is 228 g/mol. The summed E-state index contributed by atoms with van der Waals surface area (Å²) in [4.78, 5) is 11.7. The van der Waals surface area contributed by atoms with E-state index in [2.05, 4.69) is 26.5 Å². The van der Waals surface area contributed by atoms with Crippen LogP contribution in [0.15, 0.2) is 23.8 Å². The minimum atomic E-state index is -0.334. The molecule has 1 aliphatic heterocycles. The van der Waals surface area contributed by atoms with Gasteiger partial charge < -0.3 is 9.84 Å². The van der Waals surface area contributed by atoms with E-state index in [9.17, 15) is 9.90 Å². The molecule has 1 heterocycles. The van der Waals surface area contributed by atoms with Crippen LogP contribution in [0.5, 0.6) is 0 Å². The Morgan fingerprint density at radius 1 is 1.56 bits per heavy atom. The van der Waals surface area contributed by atoms with E-state index in [4.69, 9.17) is 4.74 Å². The number of esters is 1. The minimum Gasteiger partial charge on any atom is -0.458 e. The van der Waals surface area contributed by atoms with Crippen LogP contribution in [0.2, 0.25) is 0 Å². The number of fused-ring (bicyclic) bond motifs is 3. The number of aliphatic hydroxyl groups is 1. The van der Waals surface area contributed by atoms with E-state index in [1.54, 1.807) is 0 Å². The third-order valence-electron chi connectivity index (χ3n) is 5.30. The molecule has 5 atom stereocenters. The first kappa shape index (κ1) is 12.0. The van der Waals surface area contributed by atoms with Gasteiger partial charge in [0.15, 0.2) is 0 Å². The summed E-state index contributed by atoms with van der Waals surface area (Å²) < 4.78 is 5.54. The quantitative estimate of drug-likeness (QED) is 0.406. The maximum atomic E-state index is 11.7. The third kappa shape index (κ3) is 1.37. The van der Waals surface area contributed by atoms with Gasteiger partial charge >= 0.3 is 5.97 Å². The first-order chi connectivity index (χ1) is 8.45. The lowest BCUT2D eigenvalue weighted by atomic mass is 9.55. The van der Waals surface area contributed by atoms with E-state index < -0.39 is 0 Å². The van der Waals surface area contributed by atoms with Crippen LogP contribution in [0.1, 0.15) is 33.1 Å². The summed E-state index contributed by atoms with van der Waals surface area (Å²) in [5, 5.41) is 10.3. The van der Waals surface area contributed by atoms with Crippen LogP contribution < -0.4 is 0 Å². The van der Waals surface area contributed by atoms with Crippen LogP contribution in [0.3, 0.4) is 0 Å². The van der Waals surface area contributed by atoms with Crippen LogP contribution >= 0.6 is 0 Å². The number of hydrogen-bond donors (Lipinski definition) is 1. The molecule has 0 unspecified atom stereocenters. The summed E-state index contributed by atoms with van der Waals surface area (Å²) in [7, 11) is 0. The molecule has 0 aromatic carbocycles. The summed E-state index contributed by atoms with van der Waals surface area (Å²) in [6, 6.07) is 0. The number of ether oxygens (including phenoxy) is 1. The zero-order chi connectivity index (χ0) is 13.1. The van der Waals surface area contributed by atoms with Gasteiger partial charge in [-0.1, -0.05) is 25.2 Å². The molecule has 18 heavy (non-hydrogen) atoms. The summed E-state index contributed by atoms with van der Waals surface area (Å²) in [6.45, 7) is 8.09. The van der Waals surface area contributed by atoms with Crippen molar-refractivity contribution in [2.45, 2.75) is 45.3 Å². The van der Waals surface area contributed by atoms with Gasteiger partial charge in [-0.2, -0.15) is 0 Å². The van der Waals surface area contributed by atoms with Gasteiger partial charge in [-0.25, -0.2) is 4.79 Å². The molecule has 0 amide bonds. The van der Waals surface area contributed by atoms with Crippen molar-refractivity contribution in [1.29, 1.82) is 0 Å². The normalized spacial score (nSPS) is 47.2. The maximum absolute atomic E-state index is 11.7. The molecule has 3 nitrogen and oxygen atoms in total. The van der Waals surface area contributed by atoms with Crippen molar-refractivity contribution in [3.8, 4) is 0 Å². The molecule has 1 saturated carbocycles. The average Bonchev–Trinajstić information content (AvgIpc) is 2.60. The Labute approximate surface area is 108 Å². The Hall–Kier alpha value is -1.09. The Balaban J connectivity index is 2.03. The molecule has 0 radical (unpaired) electrons. The average molecular weight is 248 g/mol. The SMILES string of the molecule is C=C1C(=O)O[C@@H]2[C@H]3C(C)=CC[C@H](O)[C@@]3(C)CC[C@@H]12. The maximum Gasteiger partial charge on any atom is 0.334 e. The summed E-state index contributed by atoms with van der Waals surface area (Å²) >= 11 is 0. The van der Waals surface area contributed by atoms with Gasteiger partial charge in [0.1, 0.15) is 6.10 Å². The number of carbonyl (C=O) groups is 1. The summed E-state index contributed by atoms with van der Waals surface area (Å²) in [6.07, 6.45) is 4.18. The van der Waals surface area contributed by atoms with Gasteiger partial charge in [-0.3, -0.25) is 0 Å². The van der Waals surface area contributed by atoms with Crippen molar-refractivity contribution in [2.75, 3.05) is 0 Å². The van der Waals surface area contributed by atoms with Crippen LogP contribution in [0.25, 0.3) is 0 Å². The smallest absolute Gasteiger partial charge is 0.334 e. The van der Waals surface area contributed by atoms with Crippen molar-refractivity contribution in [2.24, 2.45) is 17.3 Å². The monoisotopic (exact) mass is 248 g/mol. The van der Waals surface area contributed by atoms with Crippen molar-refractivity contribution in [3.05, 3.63) is 23.8 Å². The Morgan fingerprint density at radius 2 is 2.28 bits per heavy atom. The number of aliphatic hydroxyl groups excluding tert-OH is 1. The van der Waals surface area contributed by atoms with Gasteiger partial charge in [0, 0.05) is 22.8 Å². The second kappa shape index (κ2) is 3.70. The molecule has 0 aromatic rings. The summed E-state index contributed by atoms with van der Waals surface area (Å²) in [5.74, 6) is 0.0366. The van der Waals surface area contributed by atoms with E-state index in [0.717, 1.165) is 12.8 Å². The van der Waals surface area contributed by atoms with Crippen molar-refractivity contribution in [1.82, 2.24) is 0 Å². The molecule has 0 bridgehead atoms. The van der Waals surface area contributed by atoms with E-state index in [1.807, 2.05) is 0 Å².